The molecule has 2 aromatic carbocycles. The van der Waals surface area contributed by atoms with Crippen molar-refractivity contribution in [1.29, 1.82) is 0 Å². The Kier molecular flexibility index (Phi) is 2.54. The molecule has 0 bridgehead atoms. The van der Waals surface area contributed by atoms with Crippen LogP contribution >= 0.6 is 0 Å². The van der Waals surface area contributed by atoms with E-state index >= 15 is 0 Å². The highest BCUT2D eigenvalue weighted by Gasteiger charge is 2.28. The third-order valence-corrected chi connectivity index (χ3v) is 3.89. The van der Waals surface area contributed by atoms with Gasteiger partial charge in [-0.05, 0) is 29.8 Å². The lowest BCUT2D eigenvalue weighted by atomic mass is 10.1. The van der Waals surface area contributed by atoms with E-state index in [0.717, 1.165) is 22.6 Å². The van der Waals surface area contributed by atoms with Crippen LogP contribution in [-0.2, 0) is 13.1 Å². The van der Waals surface area contributed by atoms with Crippen molar-refractivity contribution in [1.82, 2.24) is 4.90 Å². The molecule has 0 aliphatic carbocycles. The van der Waals surface area contributed by atoms with Gasteiger partial charge in [0, 0.05) is 29.9 Å². The molecule has 0 fully saturated rings. The van der Waals surface area contributed by atoms with Crippen molar-refractivity contribution in [3.8, 4) is 11.5 Å². The molecule has 0 saturated heterocycles. The van der Waals surface area contributed by atoms with Gasteiger partial charge in [0.25, 0.3) is 5.91 Å². The number of nitrogen functional groups attached to an aromatic ring is 1. The molecule has 0 radical (unpaired) electrons. The highest BCUT2D eigenvalue weighted by atomic mass is 16.7. The molecule has 0 atom stereocenters. The molecule has 106 valence electrons. The van der Waals surface area contributed by atoms with E-state index in [0.29, 0.717) is 24.3 Å². The van der Waals surface area contributed by atoms with Crippen LogP contribution in [-0.4, -0.2) is 17.6 Å². The highest BCUT2D eigenvalue weighted by Crippen LogP contribution is 2.34. The van der Waals surface area contributed by atoms with Crippen molar-refractivity contribution >= 4 is 11.6 Å². The van der Waals surface area contributed by atoms with Gasteiger partial charge in [0.1, 0.15) is 0 Å². The summed E-state index contributed by atoms with van der Waals surface area (Å²) in [6, 6.07) is 11.2. The average Bonchev–Trinajstić information content (AvgIpc) is 3.06. The third kappa shape index (κ3) is 1.89. The molecule has 2 heterocycles. The Labute approximate surface area is 121 Å². The predicted molar refractivity (Wildman–Crippen MR) is 77.0 cm³/mol. The lowest BCUT2D eigenvalue weighted by Crippen LogP contribution is -2.23. The van der Waals surface area contributed by atoms with Crippen LogP contribution in [0.4, 0.5) is 5.69 Å². The summed E-state index contributed by atoms with van der Waals surface area (Å²) >= 11 is 0. The van der Waals surface area contributed by atoms with Crippen LogP contribution in [0.3, 0.4) is 0 Å². The number of hydrogen-bond donors (Lipinski definition) is 1. The van der Waals surface area contributed by atoms with Gasteiger partial charge in [-0.2, -0.15) is 0 Å². The Balaban J connectivity index is 1.59. The maximum absolute atomic E-state index is 12.4. The maximum atomic E-state index is 12.4. The Hall–Kier alpha value is -2.69. The van der Waals surface area contributed by atoms with E-state index in [1.54, 1.807) is 4.90 Å². The zero-order chi connectivity index (χ0) is 14.4. The Morgan fingerprint density at radius 3 is 2.86 bits per heavy atom. The molecule has 5 heteroatoms. The van der Waals surface area contributed by atoms with Crippen LogP contribution in [0, 0.1) is 0 Å². The van der Waals surface area contributed by atoms with Crippen LogP contribution < -0.4 is 15.2 Å². The Morgan fingerprint density at radius 1 is 1.14 bits per heavy atom. The number of benzene rings is 2. The molecule has 0 aromatic heterocycles. The number of amides is 1. The number of carbonyl (C=O) groups excluding carboxylic acids is 1. The van der Waals surface area contributed by atoms with Gasteiger partial charge >= 0.3 is 0 Å². The number of carbonyl (C=O) groups is 1. The first-order valence-corrected chi connectivity index (χ1v) is 6.77. The van der Waals surface area contributed by atoms with E-state index in [9.17, 15) is 4.79 Å². The van der Waals surface area contributed by atoms with Gasteiger partial charge in [-0.1, -0.05) is 12.1 Å². The first-order valence-electron chi connectivity index (χ1n) is 6.77. The van der Waals surface area contributed by atoms with Crippen LogP contribution in [0.15, 0.2) is 36.4 Å². The lowest BCUT2D eigenvalue weighted by molar-refractivity contribution is 0.0766. The second-order valence-electron chi connectivity index (χ2n) is 5.22. The number of rotatable bonds is 2. The van der Waals surface area contributed by atoms with Gasteiger partial charge < -0.3 is 20.1 Å². The molecule has 21 heavy (non-hydrogen) atoms. The summed E-state index contributed by atoms with van der Waals surface area (Å²) < 4.78 is 10.7. The number of fused-ring (bicyclic) bond motifs is 2. The molecule has 5 nitrogen and oxygen atoms in total. The first-order chi connectivity index (χ1) is 10.2. The first kappa shape index (κ1) is 12.1. The standard InChI is InChI=1S/C16H14N2O3/c17-13-3-1-2-11-12(13)8-18(16(11)19)7-10-4-5-14-15(6-10)21-9-20-14/h1-6H,7-9,17H2. The van der Waals surface area contributed by atoms with E-state index < -0.39 is 0 Å². The summed E-state index contributed by atoms with van der Waals surface area (Å²) in [4.78, 5) is 14.2. The molecule has 4 rings (SSSR count). The van der Waals surface area contributed by atoms with Crippen molar-refractivity contribution in [3.05, 3.63) is 53.1 Å². The zero-order valence-corrected chi connectivity index (χ0v) is 11.3. The minimum Gasteiger partial charge on any atom is -0.454 e. The molecule has 0 unspecified atom stereocenters. The fourth-order valence-electron chi connectivity index (χ4n) is 2.80. The van der Waals surface area contributed by atoms with Gasteiger partial charge in [0.15, 0.2) is 11.5 Å². The summed E-state index contributed by atoms with van der Waals surface area (Å²) in [5.74, 6) is 1.50. The quantitative estimate of drug-likeness (QED) is 0.857. The van der Waals surface area contributed by atoms with Gasteiger partial charge in [-0.25, -0.2) is 0 Å². The largest absolute Gasteiger partial charge is 0.454 e. The van der Waals surface area contributed by atoms with Gasteiger partial charge in [-0.3, -0.25) is 4.79 Å². The van der Waals surface area contributed by atoms with E-state index in [-0.39, 0.29) is 12.7 Å². The van der Waals surface area contributed by atoms with Crippen LogP contribution in [0.2, 0.25) is 0 Å². The average molecular weight is 282 g/mol. The number of nitrogens with zero attached hydrogens (tertiary/aromatic N) is 1. The fraction of sp³-hybridized carbons (Fsp3) is 0.188. The maximum Gasteiger partial charge on any atom is 0.254 e. The Morgan fingerprint density at radius 2 is 2.00 bits per heavy atom. The van der Waals surface area contributed by atoms with E-state index in [4.69, 9.17) is 15.2 Å². The van der Waals surface area contributed by atoms with E-state index in [1.807, 2.05) is 36.4 Å². The van der Waals surface area contributed by atoms with Gasteiger partial charge in [0.2, 0.25) is 6.79 Å². The molecule has 0 spiro atoms. The van der Waals surface area contributed by atoms with Crippen molar-refractivity contribution in [3.63, 3.8) is 0 Å². The smallest absolute Gasteiger partial charge is 0.254 e. The second kappa shape index (κ2) is 4.41. The van der Waals surface area contributed by atoms with Gasteiger partial charge in [0.05, 0.1) is 0 Å². The summed E-state index contributed by atoms with van der Waals surface area (Å²) in [6.45, 7) is 1.34. The van der Waals surface area contributed by atoms with Crippen molar-refractivity contribution in [2.24, 2.45) is 0 Å². The third-order valence-electron chi connectivity index (χ3n) is 3.89. The lowest BCUT2D eigenvalue weighted by Gasteiger charge is -2.16. The van der Waals surface area contributed by atoms with Gasteiger partial charge in [-0.15, -0.1) is 0 Å². The minimum atomic E-state index is 0.0231. The fourth-order valence-corrected chi connectivity index (χ4v) is 2.80. The van der Waals surface area contributed by atoms with Crippen molar-refractivity contribution in [2.45, 2.75) is 13.1 Å². The zero-order valence-electron chi connectivity index (χ0n) is 11.3. The number of anilines is 1. The molecular weight excluding hydrogens is 268 g/mol. The number of nitrogens with two attached hydrogens (primary N) is 1. The summed E-state index contributed by atoms with van der Waals surface area (Å²) in [7, 11) is 0. The summed E-state index contributed by atoms with van der Waals surface area (Å²) in [5, 5.41) is 0. The molecule has 2 aliphatic rings. The van der Waals surface area contributed by atoms with E-state index in [2.05, 4.69) is 0 Å². The van der Waals surface area contributed by atoms with Crippen LogP contribution in [0.25, 0.3) is 0 Å². The predicted octanol–water partition coefficient (Wildman–Crippen LogP) is 2.15. The van der Waals surface area contributed by atoms with Crippen molar-refractivity contribution in [2.75, 3.05) is 12.5 Å². The second-order valence-corrected chi connectivity index (χ2v) is 5.22. The minimum absolute atomic E-state index is 0.0231. The molecule has 0 saturated carbocycles. The number of ether oxygens (including phenoxy) is 2. The summed E-state index contributed by atoms with van der Waals surface area (Å²) in [6.07, 6.45) is 0. The normalized spacial score (nSPS) is 15.4. The number of hydrogen-bond acceptors (Lipinski definition) is 4. The SMILES string of the molecule is Nc1cccc2c1CN(Cc1ccc3c(c1)OCO3)C2=O. The van der Waals surface area contributed by atoms with E-state index in [1.165, 1.54) is 0 Å². The van der Waals surface area contributed by atoms with Crippen LogP contribution in [0.5, 0.6) is 11.5 Å². The Bertz CT molecular complexity index is 742. The molecule has 2 aromatic rings. The molecule has 2 N–H and O–H groups in total. The monoisotopic (exact) mass is 282 g/mol. The molecule has 1 amide bonds. The van der Waals surface area contributed by atoms with Crippen molar-refractivity contribution < 1.29 is 14.3 Å². The molecular formula is C16H14N2O3. The topological polar surface area (TPSA) is 64.8 Å². The summed E-state index contributed by atoms with van der Waals surface area (Å²) in [5.41, 5.74) is 9.26. The molecule has 2 aliphatic heterocycles. The highest BCUT2D eigenvalue weighted by molar-refractivity contribution is 5.99. The van der Waals surface area contributed by atoms with Crippen LogP contribution in [0.1, 0.15) is 21.5 Å².